The molecule has 4 heterocycles. The topological polar surface area (TPSA) is 91.8 Å². The van der Waals surface area contributed by atoms with Gasteiger partial charge >= 0.3 is 6.09 Å². The number of amides is 2. The third-order valence-corrected chi connectivity index (χ3v) is 4.73. The number of likely N-dealkylation sites (N-methyl/N-ethyl adjacent to an activating group) is 1. The zero-order valence-corrected chi connectivity index (χ0v) is 15.2. The first-order valence-electron chi connectivity index (χ1n) is 8.76. The van der Waals surface area contributed by atoms with Crippen molar-refractivity contribution in [3.05, 3.63) is 47.7 Å². The average Bonchev–Trinajstić information content (AvgIpc) is 2.95. The molecular weight excluding hydrogens is 348 g/mol. The van der Waals surface area contributed by atoms with E-state index in [2.05, 4.69) is 19.9 Å². The van der Waals surface area contributed by atoms with Crippen LogP contribution in [0.5, 0.6) is 0 Å². The van der Waals surface area contributed by atoms with Crippen LogP contribution in [-0.2, 0) is 4.74 Å². The van der Waals surface area contributed by atoms with E-state index in [4.69, 9.17) is 4.74 Å². The van der Waals surface area contributed by atoms with Gasteiger partial charge in [0.15, 0.2) is 5.69 Å². The number of rotatable bonds is 2. The highest BCUT2D eigenvalue weighted by molar-refractivity contribution is 6.08. The molecule has 27 heavy (non-hydrogen) atoms. The number of piperazine rings is 1. The van der Waals surface area contributed by atoms with Crippen molar-refractivity contribution in [2.75, 3.05) is 38.1 Å². The van der Waals surface area contributed by atoms with Gasteiger partial charge in [0.2, 0.25) is 6.23 Å². The lowest BCUT2D eigenvalue weighted by atomic mass is 10.3. The van der Waals surface area contributed by atoms with Gasteiger partial charge in [0.05, 0.1) is 0 Å². The molecule has 0 spiro atoms. The molecule has 1 saturated heterocycles. The highest BCUT2D eigenvalue weighted by Crippen LogP contribution is 2.35. The Hall–Kier alpha value is -3.07. The minimum Gasteiger partial charge on any atom is -0.419 e. The Kier molecular flexibility index (Phi) is 4.44. The number of carbonyl (C=O) groups is 2. The number of aryl methyl sites for hydroxylation is 1. The second-order valence-electron chi connectivity index (χ2n) is 6.69. The molecule has 0 aliphatic carbocycles. The fourth-order valence-electron chi connectivity index (χ4n) is 3.13. The van der Waals surface area contributed by atoms with Gasteiger partial charge in [-0.05, 0) is 25.6 Å². The number of carbonyl (C=O) groups excluding carboxylic acids is 2. The normalized spacial score (nSPS) is 19.9. The first kappa shape index (κ1) is 17.3. The first-order chi connectivity index (χ1) is 13.0. The summed E-state index contributed by atoms with van der Waals surface area (Å²) in [6.45, 7) is 4.61. The van der Waals surface area contributed by atoms with Crippen molar-refractivity contribution < 1.29 is 14.3 Å². The third-order valence-electron chi connectivity index (χ3n) is 4.73. The molecule has 2 aromatic rings. The summed E-state index contributed by atoms with van der Waals surface area (Å²) in [4.78, 5) is 43.3. The lowest BCUT2D eigenvalue weighted by molar-refractivity contribution is 0.0476. The molecule has 4 rings (SSSR count). The number of hydrogen-bond acceptors (Lipinski definition) is 7. The average molecular weight is 368 g/mol. The van der Waals surface area contributed by atoms with Gasteiger partial charge in [-0.2, -0.15) is 0 Å². The van der Waals surface area contributed by atoms with Gasteiger partial charge in [-0.3, -0.25) is 9.78 Å². The van der Waals surface area contributed by atoms with Gasteiger partial charge in [-0.25, -0.2) is 19.7 Å². The predicted molar refractivity (Wildman–Crippen MR) is 96.1 cm³/mol. The number of nitrogens with zero attached hydrogens (tertiary/aromatic N) is 6. The zero-order valence-electron chi connectivity index (χ0n) is 15.2. The second kappa shape index (κ2) is 6.92. The maximum absolute atomic E-state index is 12.9. The smallest absolute Gasteiger partial charge is 0.412 e. The molecule has 2 aliphatic rings. The van der Waals surface area contributed by atoms with Gasteiger partial charge < -0.3 is 14.5 Å². The molecule has 0 radical (unpaired) electrons. The van der Waals surface area contributed by atoms with E-state index in [1.54, 1.807) is 17.2 Å². The van der Waals surface area contributed by atoms with Crippen LogP contribution in [0.3, 0.4) is 0 Å². The molecule has 0 bridgehead atoms. The van der Waals surface area contributed by atoms with Crippen molar-refractivity contribution >= 4 is 17.8 Å². The van der Waals surface area contributed by atoms with E-state index in [-0.39, 0.29) is 11.6 Å². The van der Waals surface area contributed by atoms with Crippen LogP contribution in [0.4, 0.5) is 10.6 Å². The summed E-state index contributed by atoms with van der Waals surface area (Å²) in [6, 6.07) is 3.56. The van der Waals surface area contributed by atoms with Gasteiger partial charge in [0.25, 0.3) is 5.91 Å². The van der Waals surface area contributed by atoms with Gasteiger partial charge in [-0.15, -0.1) is 0 Å². The summed E-state index contributed by atoms with van der Waals surface area (Å²) in [7, 11) is 2.01. The number of aromatic nitrogens is 3. The van der Waals surface area contributed by atoms with Crippen molar-refractivity contribution in [3.63, 3.8) is 0 Å². The van der Waals surface area contributed by atoms with E-state index in [1.807, 2.05) is 20.0 Å². The van der Waals surface area contributed by atoms with Crippen LogP contribution in [-0.4, -0.2) is 70.0 Å². The fraction of sp³-hybridized carbons (Fsp3) is 0.389. The lowest BCUT2D eigenvalue weighted by Crippen LogP contribution is -2.48. The van der Waals surface area contributed by atoms with Gasteiger partial charge in [0.1, 0.15) is 11.5 Å². The van der Waals surface area contributed by atoms with Crippen LogP contribution in [0, 0.1) is 6.92 Å². The third kappa shape index (κ3) is 3.21. The molecule has 0 N–H and O–H groups in total. The van der Waals surface area contributed by atoms with Gasteiger partial charge in [-0.1, -0.05) is 6.07 Å². The predicted octanol–water partition coefficient (Wildman–Crippen LogP) is 1.22. The van der Waals surface area contributed by atoms with Crippen LogP contribution < -0.4 is 4.90 Å². The highest BCUT2D eigenvalue weighted by atomic mass is 16.6. The summed E-state index contributed by atoms with van der Waals surface area (Å²) in [5.41, 5.74) is 1.47. The Morgan fingerprint density at radius 3 is 2.56 bits per heavy atom. The molecule has 1 atom stereocenters. The number of pyridine rings is 1. The summed E-state index contributed by atoms with van der Waals surface area (Å²) < 4.78 is 5.71. The molecule has 2 aromatic heterocycles. The number of hydrogen-bond donors (Lipinski definition) is 0. The number of anilines is 1. The van der Waals surface area contributed by atoms with Crippen LogP contribution in [0.25, 0.3) is 0 Å². The molecule has 0 saturated carbocycles. The molecule has 9 heteroatoms. The van der Waals surface area contributed by atoms with Crippen molar-refractivity contribution in [2.45, 2.75) is 13.2 Å². The molecule has 2 aliphatic heterocycles. The second-order valence-corrected chi connectivity index (χ2v) is 6.69. The number of fused-ring (bicyclic) bond motifs is 1. The number of ether oxygens (including phenoxy) is 1. The SMILES string of the molecule is Cc1ccc(N2C(=O)c3nccnc3[C@H]2OC(=O)N2CCN(C)CC2)nc1. The summed E-state index contributed by atoms with van der Waals surface area (Å²) in [5, 5.41) is 0. The van der Waals surface area contributed by atoms with Crippen LogP contribution in [0.2, 0.25) is 0 Å². The zero-order chi connectivity index (χ0) is 19.0. The minimum atomic E-state index is -0.983. The Morgan fingerprint density at radius 2 is 1.85 bits per heavy atom. The molecule has 0 aromatic carbocycles. The molecule has 0 unspecified atom stereocenters. The molecular formula is C18H20N6O3. The molecule has 140 valence electrons. The van der Waals surface area contributed by atoms with E-state index in [1.165, 1.54) is 17.3 Å². The van der Waals surface area contributed by atoms with E-state index in [0.717, 1.165) is 18.7 Å². The van der Waals surface area contributed by atoms with E-state index >= 15 is 0 Å². The Balaban J connectivity index is 1.63. The largest absolute Gasteiger partial charge is 0.419 e. The Bertz CT molecular complexity index is 864. The fourth-order valence-corrected chi connectivity index (χ4v) is 3.13. The van der Waals surface area contributed by atoms with Crippen LogP contribution in [0.1, 0.15) is 28.0 Å². The monoisotopic (exact) mass is 368 g/mol. The van der Waals surface area contributed by atoms with Crippen LogP contribution >= 0.6 is 0 Å². The summed E-state index contributed by atoms with van der Waals surface area (Å²) in [5.74, 6) is 0.00667. The molecule has 9 nitrogen and oxygen atoms in total. The Labute approximate surface area is 156 Å². The summed E-state index contributed by atoms with van der Waals surface area (Å²) in [6.07, 6.45) is 3.13. The standard InChI is InChI=1S/C18H20N6O3/c1-12-3-4-13(21-11-12)24-16(25)14-15(20-6-5-19-14)17(24)27-18(26)23-9-7-22(2)8-10-23/h3-6,11,17H,7-10H2,1-2H3/t17-/m1/s1. The first-order valence-corrected chi connectivity index (χ1v) is 8.76. The lowest BCUT2D eigenvalue weighted by Gasteiger charge is -2.33. The maximum Gasteiger partial charge on any atom is 0.412 e. The van der Waals surface area contributed by atoms with Crippen molar-refractivity contribution in [2.24, 2.45) is 0 Å². The summed E-state index contributed by atoms with van der Waals surface area (Å²) >= 11 is 0. The van der Waals surface area contributed by atoms with Crippen molar-refractivity contribution in [1.29, 1.82) is 0 Å². The van der Waals surface area contributed by atoms with E-state index in [9.17, 15) is 9.59 Å². The van der Waals surface area contributed by atoms with Crippen LogP contribution in [0.15, 0.2) is 30.7 Å². The Morgan fingerprint density at radius 1 is 1.11 bits per heavy atom. The van der Waals surface area contributed by atoms with Crippen molar-refractivity contribution in [3.8, 4) is 0 Å². The quantitative estimate of drug-likeness (QED) is 0.787. The maximum atomic E-state index is 12.9. The highest BCUT2D eigenvalue weighted by Gasteiger charge is 2.44. The minimum absolute atomic E-state index is 0.177. The van der Waals surface area contributed by atoms with Gasteiger partial charge in [0, 0.05) is 44.8 Å². The molecule has 1 fully saturated rings. The molecule has 2 amide bonds. The van der Waals surface area contributed by atoms with Crippen molar-refractivity contribution in [1.82, 2.24) is 24.8 Å². The van der Waals surface area contributed by atoms with E-state index in [0.29, 0.717) is 24.6 Å². The van der Waals surface area contributed by atoms with E-state index < -0.39 is 12.3 Å².